The summed E-state index contributed by atoms with van der Waals surface area (Å²) in [4.78, 5) is 22.7. The fourth-order valence-electron chi connectivity index (χ4n) is 2.94. The molecule has 4 nitrogen and oxygen atoms in total. The molecule has 0 heterocycles. The summed E-state index contributed by atoms with van der Waals surface area (Å²) < 4.78 is 5.46. The molecular weight excluding hydrogens is 280 g/mol. The number of ether oxygens (including phenoxy) is 1. The molecular formula is C18H22O4. The summed E-state index contributed by atoms with van der Waals surface area (Å²) in [7, 11) is 0. The van der Waals surface area contributed by atoms with Gasteiger partial charge in [0.1, 0.15) is 5.75 Å². The average molecular weight is 302 g/mol. The van der Waals surface area contributed by atoms with Gasteiger partial charge in [-0.25, -0.2) is 0 Å². The second-order valence-corrected chi connectivity index (χ2v) is 5.88. The van der Waals surface area contributed by atoms with E-state index in [1.54, 1.807) is 6.08 Å². The Labute approximate surface area is 130 Å². The lowest BCUT2D eigenvalue weighted by molar-refractivity contribution is -0.138. The molecule has 0 bridgehead atoms. The van der Waals surface area contributed by atoms with Gasteiger partial charge in [-0.1, -0.05) is 24.6 Å². The van der Waals surface area contributed by atoms with Gasteiger partial charge in [-0.15, -0.1) is 0 Å². The molecule has 2 atom stereocenters. The van der Waals surface area contributed by atoms with E-state index in [2.05, 4.69) is 0 Å². The van der Waals surface area contributed by atoms with E-state index >= 15 is 0 Å². The van der Waals surface area contributed by atoms with Crippen LogP contribution in [0.3, 0.4) is 0 Å². The molecule has 0 aromatic heterocycles. The summed E-state index contributed by atoms with van der Waals surface area (Å²) in [5, 5.41) is 8.89. The van der Waals surface area contributed by atoms with Gasteiger partial charge in [0, 0.05) is 6.42 Å². The number of carbonyl (C=O) groups is 2. The number of hydrogen-bond acceptors (Lipinski definition) is 3. The van der Waals surface area contributed by atoms with Crippen LogP contribution in [-0.2, 0) is 9.59 Å². The molecule has 4 heteroatoms. The Morgan fingerprint density at radius 1 is 1.36 bits per heavy atom. The van der Waals surface area contributed by atoms with Crippen molar-refractivity contribution in [2.24, 2.45) is 11.8 Å². The standard InChI is InChI=1S/C18H22O4/c1-13-4-2-7-17(10-13)22-12-16(19)9-8-14-5-3-6-15(14)11-18(20)21/h2,4,7-10,14-15H,3,5-6,11-12H2,1H3,(H,20,21)/b9-8+/t14?,15-/m1/s1. The fraction of sp³-hybridized carbons (Fsp3) is 0.444. The molecule has 1 saturated carbocycles. The van der Waals surface area contributed by atoms with Crippen molar-refractivity contribution in [1.29, 1.82) is 0 Å². The number of aliphatic carboxylic acids is 1. The van der Waals surface area contributed by atoms with Crippen molar-refractivity contribution in [1.82, 2.24) is 0 Å². The maximum absolute atomic E-state index is 11.9. The van der Waals surface area contributed by atoms with E-state index in [-0.39, 0.29) is 30.6 Å². The normalized spacial score (nSPS) is 21.1. The van der Waals surface area contributed by atoms with Crippen LogP contribution in [0.2, 0.25) is 0 Å². The predicted molar refractivity (Wildman–Crippen MR) is 83.9 cm³/mol. The van der Waals surface area contributed by atoms with Crippen LogP contribution in [-0.4, -0.2) is 23.5 Å². The summed E-state index contributed by atoms with van der Waals surface area (Å²) in [5.74, 6) is 0.173. The lowest BCUT2D eigenvalue weighted by Gasteiger charge is -2.13. The quantitative estimate of drug-likeness (QED) is 0.784. The number of hydrogen-bond donors (Lipinski definition) is 1. The molecule has 0 spiro atoms. The molecule has 0 aliphatic heterocycles. The van der Waals surface area contributed by atoms with Gasteiger partial charge in [-0.2, -0.15) is 0 Å². The maximum atomic E-state index is 11.9. The number of ketones is 1. The van der Waals surface area contributed by atoms with E-state index in [1.165, 1.54) is 0 Å². The van der Waals surface area contributed by atoms with Gasteiger partial charge in [-0.3, -0.25) is 9.59 Å². The number of rotatable bonds is 7. The smallest absolute Gasteiger partial charge is 0.303 e. The lowest BCUT2D eigenvalue weighted by atomic mass is 9.92. The first-order valence-electron chi connectivity index (χ1n) is 7.67. The number of aryl methyl sites for hydroxylation is 1. The second-order valence-electron chi connectivity index (χ2n) is 5.88. The molecule has 1 aliphatic carbocycles. The van der Waals surface area contributed by atoms with Crippen molar-refractivity contribution in [2.45, 2.75) is 32.6 Å². The minimum absolute atomic E-state index is 0.0102. The first kappa shape index (κ1) is 16.3. The van der Waals surface area contributed by atoms with Crippen LogP contribution in [0.4, 0.5) is 0 Å². The highest BCUT2D eigenvalue weighted by atomic mass is 16.5. The minimum atomic E-state index is -0.764. The van der Waals surface area contributed by atoms with Crippen molar-refractivity contribution in [3.63, 3.8) is 0 Å². The van der Waals surface area contributed by atoms with Crippen molar-refractivity contribution in [3.05, 3.63) is 42.0 Å². The number of carbonyl (C=O) groups excluding carboxylic acids is 1. The summed E-state index contributed by atoms with van der Waals surface area (Å²) in [6.45, 7) is 1.98. The second kappa shape index (κ2) is 7.78. The molecule has 1 aliphatic rings. The molecule has 1 fully saturated rings. The van der Waals surface area contributed by atoms with E-state index < -0.39 is 5.97 Å². The summed E-state index contributed by atoms with van der Waals surface area (Å²) in [6.07, 6.45) is 6.50. The van der Waals surface area contributed by atoms with Gasteiger partial charge >= 0.3 is 5.97 Å². The van der Waals surface area contributed by atoms with E-state index in [4.69, 9.17) is 9.84 Å². The van der Waals surface area contributed by atoms with Crippen LogP contribution < -0.4 is 4.74 Å². The average Bonchev–Trinajstić information content (AvgIpc) is 2.89. The highest BCUT2D eigenvalue weighted by Crippen LogP contribution is 2.34. The number of benzene rings is 1. The van der Waals surface area contributed by atoms with Crippen molar-refractivity contribution in [2.75, 3.05) is 6.61 Å². The Balaban J connectivity index is 1.82. The zero-order valence-electron chi connectivity index (χ0n) is 12.8. The predicted octanol–water partition coefficient (Wildman–Crippen LogP) is 3.39. The van der Waals surface area contributed by atoms with Crippen LogP contribution >= 0.6 is 0 Å². The molecule has 22 heavy (non-hydrogen) atoms. The van der Waals surface area contributed by atoms with Crippen molar-refractivity contribution in [3.8, 4) is 5.75 Å². The first-order valence-corrected chi connectivity index (χ1v) is 7.67. The molecule has 0 amide bonds. The molecule has 0 saturated heterocycles. The van der Waals surface area contributed by atoms with E-state index in [0.29, 0.717) is 5.75 Å². The molecule has 118 valence electrons. The molecule has 0 radical (unpaired) electrons. The van der Waals surface area contributed by atoms with Gasteiger partial charge in [-0.05, 0) is 55.4 Å². The summed E-state index contributed by atoms with van der Waals surface area (Å²) >= 11 is 0. The van der Waals surface area contributed by atoms with Gasteiger partial charge in [0.05, 0.1) is 0 Å². The van der Waals surface area contributed by atoms with Gasteiger partial charge < -0.3 is 9.84 Å². The molecule has 1 N–H and O–H groups in total. The topological polar surface area (TPSA) is 63.6 Å². The lowest BCUT2D eigenvalue weighted by Crippen LogP contribution is -2.13. The van der Waals surface area contributed by atoms with Crippen LogP contribution in [0, 0.1) is 18.8 Å². The highest BCUT2D eigenvalue weighted by molar-refractivity contribution is 5.90. The third-order valence-electron chi connectivity index (χ3n) is 4.05. The third-order valence-corrected chi connectivity index (χ3v) is 4.05. The Bertz CT molecular complexity index is 562. The Hall–Kier alpha value is -2.10. The van der Waals surface area contributed by atoms with Crippen molar-refractivity contribution < 1.29 is 19.4 Å². The van der Waals surface area contributed by atoms with Crippen LogP contribution in [0.1, 0.15) is 31.2 Å². The Morgan fingerprint density at radius 3 is 2.91 bits per heavy atom. The number of carboxylic acid groups (broad SMARTS) is 1. The maximum Gasteiger partial charge on any atom is 0.303 e. The summed E-state index contributed by atoms with van der Waals surface area (Å²) in [5.41, 5.74) is 1.09. The zero-order valence-corrected chi connectivity index (χ0v) is 12.8. The van der Waals surface area contributed by atoms with Crippen LogP contribution in [0.25, 0.3) is 0 Å². The van der Waals surface area contributed by atoms with Crippen molar-refractivity contribution >= 4 is 11.8 Å². The highest BCUT2D eigenvalue weighted by Gasteiger charge is 2.27. The number of carboxylic acids is 1. The fourth-order valence-corrected chi connectivity index (χ4v) is 2.94. The zero-order chi connectivity index (χ0) is 15.9. The molecule has 1 aromatic carbocycles. The minimum Gasteiger partial charge on any atom is -0.485 e. The molecule has 1 aromatic rings. The summed E-state index contributed by atoms with van der Waals surface area (Å²) in [6, 6.07) is 7.57. The van der Waals surface area contributed by atoms with Crippen LogP contribution in [0.15, 0.2) is 36.4 Å². The van der Waals surface area contributed by atoms with Gasteiger partial charge in [0.25, 0.3) is 0 Å². The van der Waals surface area contributed by atoms with Crippen LogP contribution in [0.5, 0.6) is 5.75 Å². The molecule has 1 unspecified atom stereocenters. The number of allylic oxidation sites excluding steroid dienone is 1. The van der Waals surface area contributed by atoms with E-state index in [0.717, 1.165) is 24.8 Å². The molecule has 2 rings (SSSR count). The first-order chi connectivity index (χ1) is 10.5. The van der Waals surface area contributed by atoms with Gasteiger partial charge in [0.2, 0.25) is 0 Å². The Kier molecular flexibility index (Phi) is 5.75. The third kappa shape index (κ3) is 5.02. The van der Waals surface area contributed by atoms with E-state index in [9.17, 15) is 9.59 Å². The largest absolute Gasteiger partial charge is 0.485 e. The van der Waals surface area contributed by atoms with E-state index in [1.807, 2.05) is 37.3 Å². The Morgan fingerprint density at radius 2 is 2.18 bits per heavy atom. The monoisotopic (exact) mass is 302 g/mol. The SMILES string of the molecule is Cc1cccc(OCC(=O)/C=C/C2CCC[C@@H]2CC(=O)O)c1. The van der Waals surface area contributed by atoms with Gasteiger partial charge in [0.15, 0.2) is 12.4 Å².